The summed E-state index contributed by atoms with van der Waals surface area (Å²) in [5.41, 5.74) is 2.85. The molecule has 0 bridgehead atoms. The summed E-state index contributed by atoms with van der Waals surface area (Å²) in [6, 6.07) is 12.3. The van der Waals surface area contributed by atoms with Crippen molar-refractivity contribution >= 4 is 39.9 Å². The standard InChI is InChI=1S/C21H19BrN2O5/c1-13-3-5-14(6-4-13)11-24-20(26)17(23-21(24)27)10-15-7-8-18(16(22)9-15)29-12-19(25)28-2/h3-10H,11-12H2,1-2H3,(H,23,27)/b17-10+. The summed E-state index contributed by atoms with van der Waals surface area (Å²) in [4.78, 5) is 37.2. The Hall–Kier alpha value is -3.13. The lowest BCUT2D eigenvalue weighted by molar-refractivity contribution is -0.142. The Morgan fingerprint density at radius 3 is 2.55 bits per heavy atom. The van der Waals surface area contributed by atoms with Crippen LogP contribution in [-0.2, 0) is 20.9 Å². The minimum absolute atomic E-state index is 0.192. The summed E-state index contributed by atoms with van der Waals surface area (Å²) in [5.74, 6) is -0.422. The Balaban J connectivity index is 1.72. The number of hydrogen-bond acceptors (Lipinski definition) is 5. The number of halogens is 1. The lowest BCUT2D eigenvalue weighted by Gasteiger charge is -2.11. The summed E-state index contributed by atoms with van der Waals surface area (Å²) in [6.45, 7) is 1.96. The van der Waals surface area contributed by atoms with E-state index in [9.17, 15) is 14.4 Å². The second-order valence-electron chi connectivity index (χ2n) is 6.42. The topological polar surface area (TPSA) is 84.9 Å². The number of nitrogens with one attached hydrogen (secondary N) is 1. The van der Waals surface area contributed by atoms with Crippen molar-refractivity contribution < 1.29 is 23.9 Å². The molecule has 0 radical (unpaired) electrons. The molecule has 1 fully saturated rings. The molecule has 3 rings (SSSR count). The number of carbonyl (C=O) groups is 3. The highest BCUT2D eigenvalue weighted by atomic mass is 79.9. The zero-order valence-corrected chi connectivity index (χ0v) is 17.5. The number of nitrogens with zero attached hydrogens (tertiary/aromatic N) is 1. The van der Waals surface area contributed by atoms with E-state index in [0.717, 1.165) is 11.1 Å². The largest absolute Gasteiger partial charge is 0.481 e. The van der Waals surface area contributed by atoms with Crippen molar-refractivity contribution in [2.24, 2.45) is 0 Å². The quantitative estimate of drug-likeness (QED) is 0.407. The van der Waals surface area contributed by atoms with Gasteiger partial charge < -0.3 is 14.8 Å². The van der Waals surface area contributed by atoms with Gasteiger partial charge in [0.1, 0.15) is 11.4 Å². The van der Waals surface area contributed by atoms with Crippen molar-refractivity contribution in [2.75, 3.05) is 13.7 Å². The van der Waals surface area contributed by atoms with Crippen molar-refractivity contribution in [3.05, 3.63) is 69.3 Å². The molecule has 2 aromatic carbocycles. The molecule has 1 saturated heterocycles. The maximum atomic E-state index is 12.6. The second-order valence-corrected chi connectivity index (χ2v) is 7.27. The van der Waals surface area contributed by atoms with Crippen molar-refractivity contribution in [2.45, 2.75) is 13.5 Å². The van der Waals surface area contributed by atoms with Crippen LogP contribution in [0.1, 0.15) is 16.7 Å². The maximum absolute atomic E-state index is 12.6. The Kier molecular flexibility index (Phi) is 6.33. The molecule has 1 aliphatic heterocycles. The van der Waals surface area contributed by atoms with Gasteiger partial charge in [0.15, 0.2) is 6.61 Å². The van der Waals surface area contributed by atoms with E-state index in [4.69, 9.17) is 4.74 Å². The monoisotopic (exact) mass is 458 g/mol. The van der Waals surface area contributed by atoms with E-state index in [1.807, 2.05) is 31.2 Å². The lowest BCUT2D eigenvalue weighted by Crippen LogP contribution is -2.30. The molecule has 150 valence electrons. The van der Waals surface area contributed by atoms with Crippen LogP contribution in [0.5, 0.6) is 5.75 Å². The van der Waals surface area contributed by atoms with Gasteiger partial charge in [-0.15, -0.1) is 0 Å². The SMILES string of the molecule is COC(=O)COc1ccc(/C=C2/NC(=O)N(Cc3ccc(C)cc3)C2=O)cc1Br. The number of amides is 3. The average Bonchev–Trinajstić information content (AvgIpc) is 2.96. The van der Waals surface area contributed by atoms with Crippen LogP contribution >= 0.6 is 15.9 Å². The summed E-state index contributed by atoms with van der Waals surface area (Å²) in [5, 5.41) is 2.61. The maximum Gasteiger partial charge on any atom is 0.343 e. The van der Waals surface area contributed by atoms with Crippen LogP contribution in [-0.4, -0.2) is 36.5 Å². The predicted octanol–water partition coefficient (Wildman–Crippen LogP) is 3.40. The first-order valence-electron chi connectivity index (χ1n) is 8.76. The first-order valence-corrected chi connectivity index (χ1v) is 9.56. The van der Waals surface area contributed by atoms with Crippen LogP contribution in [0.4, 0.5) is 4.79 Å². The van der Waals surface area contributed by atoms with Gasteiger partial charge in [0.2, 0.25) is 0 Å². The van der Waals surface area contributed by atoms with Gasteiger partial charge in [0, 0.05) is 0 Å². The van der Waals surface area contributed by atoms with Gasteiger partial charge in [-0.1, -0.05) is 35.9 Å². The van der Waals surface area contributed by atoms with Crippen molar-refractivity contribution in [3.8, 4) is 5.75 Å². The molecular weight excluding hydrogens is 440 g/mol. The fourth-order valence-corrected chi connectivity index (χ4v) is 3.19. The van der Waals surface area contributed by atoms with Gasteiger partial charge in [-0.2, -0.15) is 0 Å². The molecule has 1 N–H and O–H groups in total. The van der Waals surface area contributed by atoms with Crippen LogP contribution in [0.3, 0.4) is 0 Å². The van der Waals surface area contributed by atoms with E-state index in [-0.39, 0.29) is 18.8 Å². The Morgan fingerprint density at radius 1 is 1.17 bits per heavy atom. The predicted molar refractivity (Wildman–Crippen MR) is 110 cm³/mol. The molecule has 1 heterocycles. The Labute approximate surface area is 176 Å². The van der Waals surface area contributed by atoms with Gasteiger partial charge in [0.05, 0.1) is 18.1 Å². The van der Waals surface area contributed by atoms with E-state index in [1.165, 1.54) is 12.0 Å². The molecule has 2 aromatic rings. The summed E-state index contributed by atoms with van der Waals surface area (Å²) in [7, 11) is 1.28. The molecule has 0 atom stereocenters. The van der Waals surface area contributed by atoms with Crippen molar-refractivity contribution in [1.29, 1.82) is 0 Å². The van der Waals surface area contributed by atoms with Crippen LogP contribution in [0.25, 0.3) is 6.08 Å². The van der Waals surface area contributed by atoms with E-state index in [2.05, 4.69) is 26.0 Å². The highest BCUT2D eigenvalue weighted by Crippen LogP contribution is 2.27. The molecule has 3 amide bonds. The fourth-order valence-electron chi connectivity index (χ4n) is 2.68. The van der Waals surface area contributed by atoms with Crippen LogP contribution in [0.2, 0.25) is 0 Å². The molecular formula is C21H19BrN2O5. The van der Waals surface area contributed by atoms with Gasteiger partial charge in [-0.25, -0.2) is 9.59 Å². The third kappa shape index (κ3) is 5.03. The van der Waals surface area contributed by atoms with E-state index < -0.39 is 17.9 Å². The fraction of sp³-hybridized carbons (Fsp3) is 0.190. The van der Waals surface area contributed by atoms with Crippen LogP contribution in [0.15, 0.2) is 52.6 Å². The van der Waals surface area contributed by atoms with E-state index >= 15 is 0 Å². The number of methoxy groups -OCH3 is 1. The van der Waals surface area contributed by atoms with E-state index in [0.29, 0.717) is 15.8 Å². The summed E-state index contributed by atoms with van der Waals surface area (Å²) in [6.07, 6.45) is 1.59. The third-order valence-corrected chi connectivity index (χ3v) is 4.88. The zero-order valence-electron chi connectivity index (χ0n) is 15.9. The average molecular weight is 459 g/mol. The van der Waals surface area contributed by atoms with Gasteiger partial charge >= 0.3 is 12.0 Å². The van der Waals surface area contributed by atoms with Crippen LogP contribution in [0, 0.1) is 6.92 Å². The molecule has 29 heavy (non-hydrogen) atoms. The smallest absolute Gasteiger partial charge is 0.343 e. The second kappa shape index (κ2) is 8.91. The van der Waals surface area contributed by atoms with Gasteiger partial charge in [-0.05, 0) is 52.2 Å². The molecule has 1 aliphatic rings. The molecule has 8 heteroatoms. The van der Waals surface area contributed by atoms with Crippen molar-refractivity contribution in [1.82, 2.24) is 10.2 Å². The normalized spacial score (nSPS) is 14.9. The molecule has 0 unspecified atom stereocenters. The third-order valence-electron chi connectivity index (χ3n) is 4.26. The summed E-state index contributed by atoms with van der Waals surface area (Å²) < 4.78 is 10.5. The first kappa shape index (κ1) is 20.6. The summed E-state index contributed by atoms with van der Waals surface area (Å²) >= 11 is 3.37. The lowest BCUT2D eigenvalue weighted by atomic mass is 10.1. The number of benzene rings is 2. The molecule has 7 nitrogen and oxygen atoms in total. The molecule has 0 aromatic heterocycles. The number of urea groups is 1. The number of carbonyl (C=O) groups excluding carboxylic acids is 3. The Morgan fingerprint density at radius 2 is 1.90 bits per heavy atom. The van der Waals surface area contributed by atoms with Gasteiger partial charge in [-0.3, -0.25) is 9.69 Å². The van der Waals surface area contributed by atoms with Gasteiger partial charge in [0.25, 0.3) is 5.91 Å². The highest BCUT2D eigenvalue weighted by Gasteiger charge is 2.33. The minimum Gasteiger partial charge on any atom is -0.481 e. The number of rotatable bonds is 6. The minimum atomic E-state index is -0.490. The molecule has 0 spiro atoms. The number of aryl methyl sites for hydroxylation is 1. The zero-order chi connectivity index (χ0) is 21.0. The molecule has 0 aliphatic carbocycles. The first-order chi connectivity index (χ1) is 13.9. The van der Waals surface area contributed by atoms with E-state index in [1.54, 1.807) is 24.3 Å². The van der Waals surface area contributed by atoms with Crippen molar-refractivity contribution in [3.63, 3.8) is 0 Å². The number of esters is 1. The number of imide groups is 1. The highest BCUT2D eigenvalue weighted by molar-refractivity contribution is 9.10. The number of ether oxygens (including phenoxy) is 2. The number of hydrogen-bond donors (Lipinski definition) is 1. The Bertz CT molecular complexity index is 985. The van der Waals surface area contributed by atoms with Crippen LogP contribution < -0.4 is 10.1 Å². The molecule has 0 saturated carbocycles.